The van der Waals surface area contributed by atoms with Crippen LogP contribution in [-0.4, -0.2) is 34.6 Å². The van der Waals surface area contributed by atoms with Crippen molar-refractivity contribution in [2.24, 2.45) is 0 Å². The van der Waals surface area contributed by atoms with Crippen LogP contribution in [0.5, 0.6) is 0 Å². The van der Waals surface area contributed by atoms with E-state index in [2.05, 4.69) is 15.9 Å². The first-order valence-electron chi connectivity index (χ1n) is 5.36. The predicted octanol–water partition coefficient (Wildman–Crippen LogP) is 2.19. The molecule has 1 unspecified atom stereocenters. The average molecular weight is 302 g/mol. The van der Waals surface area contributed by atoms with Crippen molar-refractivity contribution in [2.75, 3.05) is 13.1 Å². The molecule has 0 aliphatic carbocycles. The number of likely N-dealkylation sites (tertiary alicyclic amines) is 1. The van der Waals surface area contributed by atoms with E-state index in [-0.39, 0.29) is 12.5 Å². The van der Waals surface area contributed by atoms with Crippen LogP contribution in [0, 0.1) is 5.82 Å². The molecule has 1 fully saturated rings. The Hall–Kier alpha value is -0.940. The van der Waals surface area contributed by atoms with Crippen molar-refractivity contribution in [3.05, 3.63) is 34.1 Å². The summed E-state index contributed by atoms with van der Waals surface area (Å²) in [5, 5.41) is 9.80. The molecule has 5 heteroatoms. The lowest BCUT2D eigenvalue weighted by Gasteiger charge is -2.19. The lowest BCUT2D eigenvalue weighted by Crippen LogP contribution is -2.34. The Labute approximate surface area is 107 Å². The van der Waals surface area contributed by atoms with Gasteiger partial charge in [0.2, 0.25) is 0 Å². The van der Waals surface area contributed by atoms with Crippen molar-refractivity contribution >= 4 is 21.8 Å². The molecule has 17 heavy (non-hydrogen) atoms. The number of carbonyl (C=O) groups is 1. The highest BCUT2D eigenvalue weighted by atomic mass is 79.9. The topological polar surface area (TPSA) is 40.5 Å². The van der Waals surface area contributed by atoms with E-state index in [0.717, 1.165) is 0 Å². The maximum atomic E-state index is 13.1. The Morgan fingerprint density at radius 3 is 2.88 bits per heavy atom. The van der Waals surface area contributed by atoms with Gasteiger partial charge in [0.25, 0.3) is 5.91 Å². The zero-order valence-electron chi connectivity index (χ0n) is 9.41. The molecule has 0 bridgehead atoms. The molecule has 1 heterocycles. The van der Waals surface area contributed by atoms with Crippen molar-refractivity contribution in [3.8, 4) is 0 Å². The van der Waals surface area contributed by atoms with Gasteiger partial charge in [0.15, 0.2) is 0 Å². The van der Waals surface area contributed by atoms with Crippen LogP contribution < -0.4 is 0 Å². The Morgan fingerprint density at radius 2 is 2.29 bits per heavy atom. The van der Waals surface area contributed by atoms with Crippen LogP contribution in [0.1, 0.15) is 23.7 Å². The number of hydrogen-bond acceptors (Lipinski definition) is 2. The first kappa shape index (κ1) is 12.5. The summed E-state index contributed by atoms with van der Waals surface area (Å²) < 4.78 is 13.7. The quantitative estimate of drug-likeness (QED) is 0.864. The molecule has 1 N–H and O–H groups in total. The summed E-state index contributed by atoms with van der Waals surface area (Å²) in [5.41, 5.74) is -0.544. The molecule has 1 saturated heterocycles. The van der Waals surface area contributed by atoms with E-state index in [4.69, 9.17) is 0 Å². The molecular formula is C12H13BrFNO2. The van der Waals surface area contributed by atoms with Gasteiger partial charge in [0.05, 0.1) is 11.2 Å². The van der Waals surface area contributed by atoms with Gasteiger partial charge in [0.1, 0.15) is 5.82 Å². The van der Waals surface area contributed by atoms with E-state index in [0.29, 0.717) is 23.0 Å². The van der Waals surface area contributed by atoms with Gasteiger partial charge in [-0.1, -0.05) is 0 Å². The maximum absolute atomic E-state index is 13.1. The molecule has 92 valence electrons. The van der Waals surface area contributed by atoms with Crippen LogP contribution >= 0.6 is 15.9 Å². The molecule has 0 spiro atoms. The Morgan fingerprint density at radius 1 is 1.59 bits per heavy atom. The van der Waals surface area contributed by atoms with E-state index >= 15 is 0 Å². The molecule has 2 rings (SSSR count). The smallest absolute Gasteiger partial charge is 0.255 e. The summed E-state index contributed by atoms with van der Waals surface area (Å²) >= 11 is 3.23. The Balaban J connectivity index is 2.23. The number of hydrogen-bond donors (Lipinski definition) is 1. The summed E-state index contributed by atoms with van der Waals surface area (Å²) in [7, 11) is 0. The van der Waals surface area contributed by atoms with Gasteiger partial charge >= 0.3 is 0 Å². The third-order valence-electron chi connectivity index (χ3n) is 2.90. The Bertz CT molecular complexity index is 462. The summed E-state index contributed by atoms with van der Waals surface area (Å²) in [4.78, 5) is 13.7. The molecule has 0 radical (unpaired) electrons. The van der Waals surface area contributed by atoms with Crippen molar-refractivity contribution in [2.45, 2.75) is 18.9 Å². The number of nitrogens with zero attached hydrogens (tertiary/aromatic N) is 1. The van der Waals surface area contributed by atoms with E-state index < -0.39 is 11.4 Å². The monoisotopic (exact) mass is 301 g/mol. The van der Waals surface area contributed by atoms with Crippen molar-refractivity contribution in [3.63, 3.8) is 0 Å². The Kier molecular flexibility index (Phi) is 3.23. The maximum Gasteiger partial charge on any atom is 0.255 e. The summed E-state index contributed by atoms with van der Waals surface area (Å²) in [6, 6.07) is 4.01. The molecule has 1 aromatic rings. The number of aliphatic hydroxyl groups is 1. The molecule has 3 nitrogen and oxygen atoms in total. The number of amides is 1. The SMILES string of the molecule is CC1(O)CCN(C(=O)c2cc(F)ccc2Br)C1. The van der Waals surface area contributed by atoms with Crippen LogP contribution in [0.25, 0.3) is 0 Å². The summed E-state index contributed by atoms with van der Waals surface area (Å²) in [5.74, 6) is -0.698. The average Bonchev–Trinajstić information content (AvgIpc) is 2.61. The molecule has 1 atom stereocenters. The second-order valence-electron chi connectivity index (χ2n) is 4.60. The minimum absolute atomic E-state index is 0.255. The molecular weight excluding hydrogens is 289 g/mol. The first-order valence-corrected chi connectivity index (χ1v) is 6.15. The van der Waals surface area contributed by atoms with Crippen molar-refractivity contribution in [1.29, 1.82) is 0 Å². The van der Waals surface area contributed by atoms with Gasteiger partial charge in [-0.3, -0.25) is 4.79 Å². The summed E-state index contributed by atoms with van der Waals surface area (Å²) in [6.45, 7) is 2.48. The second kappa shape index (κ2) is 4.38. The lowest BCUT2D eigenvalue weighted by molar-refractivity contribution is 0.0571. The van der Waals surface area contributed by atoms with Gasteiger partial charge in [-0.2, -0.15) is 0 Å². The van der Waals surface area contributed by atoms with Crippen molar-refractivity contribution < 1.29 is 14.3 Å². The number of halogens is 2. The van der Waals surface area contributed by atoms with Gasteiger partial charge in [-0.05, 0) is 47.5 Å². The first-order chi connectivity index (χ1) is 7.89. The molecule has 1 aliphatic heterocycles. The van der Waals surface area contributed by atoms with E-state index in [9.17, 15) is 14.3 Å². The second-order valence-corrected chi connectivity index (χ2v) is 5.45. The van der Waals surface area contributed by atoms with Crippen LogP contribution in [0.3, 0.4) is 0 Å². The van der Waals surface area contributed by atoms with Gasteiger partial charge < -0.3 is 10.0 Å². The largest absolute Gasteiger partial charge is 0.388 e. The molecule has 0 aromatic heterocycles. The molecule has 1 aliphatic rings. The normalized spacial score (nSPS) is 24.1. The van der Waals surface area contributed by atoms with E-state index in [1.807, 2.05) is 0 Å². The van der Waals surface area contributed by atoms with Crippen molar-refractivity contribution in [1.82, 2.24) is 4.90 Å². The third kappa shape index (κ3) is 2.66. The van der Waals surface area contributed by atoms with Crippen LogP contribution in [0.15, 0.2) is 22.7 Å². The highest BCUT2D eigenvalue weighted by Crippen LogP contribution is 2.25. The number of β-amino-alcohol motifs (C(OH)–C–C–N with tert-alkyl or cyclic N) is 1. The lowest BCUT2D eigenvalue weighted by atomic mass is 10.1. The predicted molar refractivity (Wildman–Crippen MR) is 65.2 cm³/mol. The molecule has 0 saturated carbocycles. The van der Waals surface area contributed by atoms with Gasteiger partial charge in [0, 0.05) is 17.6 Å². The number of benzene rings is 1. The van der Waals surface area contributed by atoms with Crippen LogP contribution in [0.2, 0.25) is 0 Å². The number of rotatable bonds is 1. The van der Waals surface area contributed by atoms with E-state index in [1.54, 1.807) is 11.8 Å². The fourth-order valence-corrected chi connectivity index (χ4v) is 2.37. The summed E-state index contributed by atoms with van der Waals surface area (Å²) in [6.07, 6.45) is 0.547. The number of carbonyl (C=O) groups excluding carboxylic acids is 1. The van der Waals surface area contributed by atoms with E-state index in [1.165, 1.54) is 18.2 Å². The minimum Gasteiger partial charge on any atom is -0.388 e. The fourth-order valence-electron chi connectivity index (χ4n) is 1.95. The zero-order chi connectivity index (χ0) is 12.6. The minimum atomic E-state index is -0.838. The van der Waals surface area contributed by atoms with Crippen LogP contribution in [0.4, 0.5) is 4.39 Å². The standard InChI is InChI=1S/C12H13BrFNO2/c1-12(17)4-5-15(7-12)11(16)9-6-8(14)2-3-10(9)13/h2-3,6,17H,4-5,7H2,1H3. The zero-order valence-corrected chi connectivity index (χ0v) is 11.0. The molecule has 1 amide bonds. The highest BCUT2D eigenvalue weighted by Gasteiger charge is 2.34. The van der Waals surface area contributed by atoms with Crippen LogP contribution in [-0.2, 0) is 0 Å². The van der Waals surface area contributed by atoms with Gasteiger partial charge in [-0.15, -0.1) is 0 Å². The van der Waals surface area contributed by atoms with Gasteiger partial charge in [-0.25, -0.2) is 4.39 Å². The highest BCUT2D eigenvalue weighted by molar-refractivity contribution is 9.10. The third-order valence-corrected chi connectivity index (χ3v) is 3.59. The molecule has 1 aromatic carbocycles. The fraction of sp³-hybridized carbons (Fsp3) is 0.417.